The normalized spacial score (nSPS) is 18.4. The van der Waals surface area contributed by atoms with Gasteiger partial charge in [-0.3, -0.25) is 19.7 Å². The Morgan fingerprint density at radius 2 is 1.70 bits per heavy atom. The van der Waals surface area contributed by atoms with Crippen LogP contribution in [0.25, 0.3) is 0 Å². The molecule has 8 nitrogen and oxygen atoms in total. The molecule has 0 aliphatic carbocycles. The molecular weight excluding hydrogens is 350 g/mol. The Morgan fingerprint density at radius 3 is 2.26 bits per heavy atom. The van der Waals surface area contributed by atoms with Gasteiger partial charge in [0.2, 0.25) is 11.8 Å². The topological polar surface area (TPSA) is 133 Å². The molecule has 2 aromatic carbocycles. The van der Waals surface area contributed by atoms with Crippen LogP contribution in [0.2, 0.25) is 0 Å². The number of nitrogens with one attached hydrogen (secondary N) is 1. The number of nitrogens with two attached hydrogens (primary N) is 1. The van der Waals surface area contributed by atoms with Crippen molar-refractivity contribution in [2.75, 3.05) is 5.73 Å². The number of imide groups is 1. The number of carbonyl (C=O) groups excluding carboxylic acids is 3. The van der Waals surface area contributed by atoms with Crippen molar-refractivity contribution in [1.29, 1.82) is 0 Å². The lowest BCUT2D eigenvalue weighted by atomic mass is 10.0. The Kier molecular flexibility index (Phi) is 4.98. The number of hydrogen-bond acceptors (Lipinski definition) is 6. The molecule has 0 bridgehead atoms. The van der Waals surface area contributed by atoms with Crippen LogP contribution in [-0.4, -0.2) is 38.9 Å². The second-order valence-electron chi connectivity index (χ2n) is 6.29. The van der Waals surface area contributed by atoms with Crippen molar-refractivity contribution < 1.29 is 24.6 Å². The summed E-state index contributed by atoms with van der Waals surface area (Å²) in [5.41, 5.74) is 7.71. The van der Waals surface area contributed by atoms with Crippen LogP contribution in [0.3, 0.4) is 0 Å². The summed E-state index contributed by atoms with van der Waals surface area (Å²) in [5, 5.41) is 19.6. The third-order valence-corrected chi connectivity index (χ3v) is 4.45. The molecule has 27 heavy (non-hydrogen) atoms. The number of aromatic hydroxyl groups is 2. The van der Waals surface area contributed by atoms with E-state index in [1.54, 1.807) is 24.3 Å². The molecule has 5 N–H and O–H groups in total. The Morgan fingerprint density at radius 1 is 1.04 bits per heavy atom. The number of nitrogens with zero attached hydrogens (tertiary/aromatic N) is 1. The van der Waals surface area contributed by atoms with Gasteiger partial charge in [-0.1, -0.05) is 12.1 Å². The Hall–Kier alpha value is -3.55. The van der Waals surface area contributed by atoms with Gasteiger partial charge in [-0.15, -0.1) is 0 Å². The third kappa shape index (κ3) is 3.84. The van der Waals surface area contributed by atoms with Gasteiger partial charge in [-0.2, -0.15) is 0 Å². The molecule has 2 aliphatic heterocycles. The first-order valence-electron chi connectivity index (χ1n) is 8.37. The quantitative estimate of drug-likeness (QED) is 0.440. The minimum atomic E-state index is -0.586. The van der Waals surface area contributed by atoms with Crippen molar-refractivity contribution in [1.82, 2.24) is 10.2 Å². The molecule has 1 unspecified atom stereocenters. The fourth-order valence-electron chi connectivity index (χ4n) is 3.10. The number of hydrogen-bond donors (Lipinski definition) is 4. The highest BCUT2D eigenvalue weighted by atomic mass is 16.3. The fraction of sp³-hybridized carbons (Fsp3) is 0.211. The van der Waals surface area contributed by atoms with Crippen LogP contribution >= 0.6 is 0 Å². The summed E-state index contributed by atoms with van der Waals surface area (Å²) < 4.78 is 0. The molecule has 8 heteroatoms. The first-order chi connectivity index (χ1) is 12.9. The predicted molar refractivity (Wildman–Crippen MR) is 96.7 cm³/mol. The van der Waals surface area contributed by atoms with Crippen LogP contribution in [-0.2, 0) is 16.1 Å². The van der Waals surface area contributed by atoms with Gasteiger partial charge >= 0.3 is 0 Å². The number of benzene rings is 2. The van der Waals surface area contributed by atoms with Crippen LogP contribution in [0.4, 0.5) is 5.69 Å². The molecule has 1 atom stereocenters. The van der Waals surface area contributed by atoms with Crippen molar-refractivity contribution in [2.24, 2.45) is 0 Å². The molecule has 0 radical (unpaired) electrons. The highest BCUT2D eigenvalue weighted by molar-refractivity contribution is 6.06. The van der Waals surface area contributed by atoms with E-state index in [0.717, 1.165) is 5.56 Å². The summed E-state index contributed by atoms with van der Waals surface area (Å²) in [6.45, 7) is 0.327. The molecule has 2 aliphatic rings. The van der Waals surface area contributed by atoms with E-state index in [4.69, 9.17) is 15.9 Å². The summed E-state index contributed by atoms with van der Waals surface area (Å²) in [5.74, 6) is -0.715. The maximum Gasteiger partial charge on any atom is 0.255 e. The van der Waals surface area contributed by atoms with Gasteiger partial charge in [-0.25, -0.2) is 0 Å². The van der Waals surface area contributed by atoms with Gasteiger partial charge < -0.3 is 20.8 Å². The highest BCUT2D eigenvalue weighted by Crippen LogP contribution is 2.30. The van der Waals surface area contributed by atoms with Crippen LogP contribution < -0.4 is 11.1 Å². The van der Waals surface area contributed by atoms with Crippen molar-refractivity contribution in [3.8, 4) is 11.5 Å². The summed E-state index contributed by atoms with van der Waals surface area (Å²) in [6.07, 6.45) is 0.621. The molecule has 2 aromatic rings. The van der Waals surface area contributed by atoms with Gasteiger partial charge in [-0.05, 0) is 30.7 Å². The SMILES string of the molecule is Nc1cccc2c1CN(C1CCC(=O)NC1=O)C2=O.Oc1cccc(O)c1. The van der Waals surface area contributed by atoms with E-state index in [1.165, 1.54) is 23.1 Å². The number of anilines is 1. The van der Waals surface area contributed by atoms with Crippen molar-refractivity contribution in [3.63, 3.8) is 0 Å². The van der Waals surface area contributed by atoms with E-state index in [2.05, 4.69) is 5.32 Å². The van der Waals surface area contributed by atoms with E-state index in [0.29, 0.717) is 24.2 Å². The lowest BCUT2D eigenvalue weighted by Gasteiger charge is -2.29. The Labute approximate surface area is 155 Å². The Balaban J connectivity index is 0.000000221. The third-order valence-electron chi connectivity index (χ3n) is 4.45. The molecule has 3 amide bonds. The van der Waals surface area contributed by atoms with Crippen LogP contribution in [0.5, 0.6) is 11.5 Å². The van der Waals surface area contributed by atoms with Gasteiger partial charge in [0.15, 0.2) is 0 Å². The highest BCUT2D eigenvalue weighted by Gasteiger charge is 2.39. The molecule has 1 saturated heterocycles. The van der Waals surface area contributed by atoms with Gasteiger partial charge in [0.25, 0.3) is 5.91 Å². The van der Waals surface area contributed by atoms with Gasteiger partial charge in [0, 0.05) is 35.8 Å². The van der Waals surface area contributed by atoms with Crippen LogP contribution in [0.1, 0.15) is 28.8 Å². The number of nitrogen functional groups attached to an aromatic ring is 1. The Bertz CT molecular complexity index is 895. The predicted octanol–water partition coefficient (Wildman–Crippen LogP) is 1.13. The minimum absolute atomic E-state index is 0.0880. The monoisotopic (exact) mass is 369 g/mol. The maximum atomic E-state index is 12.3. The molecule has 0 spiro atoms. The molecule has 140 valence electrons. The van der Waals surface area contributed by atoms with Crippen molar-refractivity contribution in [3.05, 3.63) is 53.6 Å². The first-order valence-corrected chi connectivity index (χ1v) is 8.37. The second-order valence-corrected chi connectivity index (χ2v) is 6.29. The van der Waals surface area contributed by atoms with Crippen LogP contribution in [0.15, 0.2) is 42.5 Å². The first kappa shape index (κ1) is 18.2. The summed E-state index contributed by atoms with van der Waals surface area (Å²) >= 11 is 0. The van der Waals surface area contributed by atoms with E-state index in [-0.39, 0.29) is 29.7 Å². The second kappa shape index (κ2) is 7.36. The molecule has 2 heterocycles. The van der Waals surface area contributed by atoms with E-state index in [1.807, 2.05) is 0 Å². The summed E-state index contributed by atoms with van der Waals surface area (Å²) in [6, 6.07) is 10.4. The van der Waals surface area contributed by atoms with Crippen LogP contribution in [0, 0.1) is 0 Å². The van der Waals surface area contributed by atoms with Gasteiger partial charge in [0.05, 0.1) is 0 Å². The van der Waals surface area contributed by atoms with E-state index < -0.39 is 11.9 Å². The number of rotatable bonds is 1. The largest absolute Gasteiger partial charge is 0.508 e. The average molecular weight is 369 g/mol. The lowest BCUT2D eigenvalue weighted by Crippen LogP contribution is -2.52. The zero-order valence-electron chi connectivity index (χ0n) is 14.4. The summed E-state index contributed by atoms with van der Waals surface area (Å²) in [7, 11) is 0. The number of carbonyl (C=O) groups is 3. The molecule has 0 aromatic heterocycles. The smallest absolute Gasteiger partial charge is 0.255 e. The molecular formula is C19H19N3O5. The molecule has 4 rings (SSSR count). The van der Waals surface area contributed by atoms with Gasteiger partial charge in [0.1, 0.15) is 17.5 Å². The number of piperidine rings is 1. The summed E-state index contributed by atoms with van der Waals surface area (Å²) in [4.78, 5) is 36.7. The molecule has 1 fully saturated rings. The maximum absolute atomic E-state index is 12.3. The number of phenols is 2. The zero-order chi connectivity index (χ0) is 19.6. The van der Waals surface area contributed by atoms with E-state index in [9.17, 15) is 14.4 Å². The lowest BCUT2D eigenvalue weighted by molar-refractivity contribution is -0.136. The van der Waals surface area contributed by atoms with Crippen molar-refractivity contribution >= 4 is 23.4 Å². The fourth-order valence-corrected chi connectivity index (χ4v) is 3.10. The van der Waals surface area contributed by atoms with Crippen molar-refractivity contribution in [2.45, 2.75) is 25.4 Å². The molecule has 0 saturated carbocycles. The number of phenolic OH excluding ortho intramolecular Hbond substituents is 2. The number of fused-ring (bicyclic) bond motifs is 1. The minimum Gasteiger partial charge on any atom is -0.508 e. The average Bonchev–Trinajstić information content (AvgIpc) is 2.94. The number of amides is 3. The standard InChI is InChI=1S/C13H13N3O3.C6H6O2/c14-9-3-1-2-7-8(9)6-16(13(7)19)10-4-5-11(17)15-12(10)18;7-5-2-1-3-6(8)4-5/h1-3,10H,4-6,14H2,(H,15,17,18);1-4,7-8H. The van der Waals surface area contributed by atoms with E-state index >= 15 is 0 Å². The zero-order valence-corrected chi connectivity index (χ0v) is 14.4.